The quantitative estimate of drug-likeness (QED) is 0.221. The first-order valence-corrected chi connectivity index (χ1v) is 14.6. The van der Waals surface area contributed by atoms with Crippen molar-refractivity contribution in [2.24, 2.45) is 0 Å². The van der Waals surface area contributed by atoms with Gasteiger partial charge >= 0.3 is 0 Å². The summed E-state index contributed by atoms with van der Waals surface area (Å²) in [7, 11) is 0. The molecular formula is C37H32N4O. The first kappa shape index (κ1) is 24.9. The maximum absolute atomic E-state index is 6.56. The van der Waals surface area contributed by atoms with Gasteiger partial charge in [0.05, 0.1) is 22.1 Å². The average molecular weight is 549 g/mol. The molecule has 0 unspecified atom stereocenters. The van der Waals surface area contributed by atoms with E-state index in [1.54, 1.807) is 0 Å². The number of pyridine rings is 1. The SMILES string of the molecule is Cc1ccc2c(c1)c1ccc(Oc3ccc4c(c3)-c3nc5ccccc5n3CC4)cc1n2-c1cc(C(C)(C)C)ccn1. The summed E-state index contributed by atoms with van der Waals surface area (Å²) in [6, 6.07) is 32.1. The Morgan fingerprint density at radius 2 is 1.60 bits per heavy atom. The molecule has 0 saturated carbocycles. The number of para-hydroxylation sites is 2. The van der Waals surface area contributed by atoms with Crippen molar-refractivity contribution in [1.82, 2.24) is 19.1 Å². The van der Waals surface area contributed by atoms with Crippen LogP contribution < -0.4 is 4.74 Å². The van der Waals surface area contributed by atoms with Crippen molar-refractivity contribution in [2.75, 3.05) is 0 Å². The summed E-state index contributed by atoms with van der Waals surface area (Å²) in [6.07, 6.45) is 2.90. The topological polar surface area (TPSA) is 44.9 Å². The van der Waals surface area contributed by atoms with Crippen LogP contribution in [0.5, 0.6) is 11.5 Å². The van der Waals surface area contributed by atoms with Crippen molar-refractivity contribution in [3.8, 4) is 28.7 Å². The van der Waals surface area contributed by atoms with Gasteiger partial charge in [0.15, 0.2) is 0 Å². The highest BCUT2D eigenvalue weighted by molar-refractivity contribution is 6.09. The van der Waals surface area contributed by atoms with Gasteiger partial charge in [-0.05, 0) is 90.6 Å². The minimum Gasteiger partial charge on any atom is -0.457 e. The molecule has 3 aromatic heterocycles. The molecule has 0 amide bonds. The monoisotopic (exact) mass is 548 g/mol. The van der Waals surface area contributed by atoms with Gasteiger partial charge in [0.2, 0.25) is 0 Å². The van der Waals surface area contributed by atoms with E-state index in [2.05, 4.69) is 122 Å². The zero-order chi connectivity index (χ0) is 28.6. The Morgan fingerprint density at radius 1 is 0.762 bits per heavy atom. The van der Waals surface area contributed by atoms with Crippen molar-refractivity contribution in [3.05, 3.63) is 114 Å². The Kier molecular flexibility index (Phi) is 5.36. The maximum Gasteiger partial charge on any atom is 0.141 e. The number of imidazole rings is 1. The lowest BCUT2D eigenvalue weighted by molar-refractivity contribution is 0.483. The van der Waals surface area contributed by atoms with Crippen molar-refractivity contribution >= 4 is 32.8 Å². The maximum atomic E-state index is 6.56. The number of fused-ring (bicyclic) bond motifs is 8. The van der Waals surface area contributed by atoms with E-state index in [0.29, 0.717) is 0 Å². The number of hydrogen-bond donors (Lipinski definition) is 0. The van der Waals surface area contributed by atoms with E-state index < -0.39 is 0 Å². The van der Waals surface area contributed by atoms with E-state index in [1.807, 2.05) is 12.3 Å². The van der Waals surface area contributed by atoms with Crippen LogP contribution in [0.25, 0.3) is 50.0 Å². The van der Waals surface area contributed by atoms with Crippen molar-refractivity contribution in [1.29, 1.82) is 0 Å². The Hall–Kier alpha value is -4.90. The zero-order valence-electron chi connectivity index (χ0n) is 24.3. The van der Waals surface area contributed by atoms with Gasteiger partial charge in [-0.2, -0.15) is 0 Å². The molecule has 1 aliphatic heterocycles. The molecule has 7 aromatic rings. The third-order valence-corrected chi connectivity index (χ3v) is 8.55. The van der Waals surface area contributed by atoms with E-state index in [9.17, 15) is 0 Å². The van der Waals surface area contributed by atoms with Crippen molar-refractivity contribution in [3.63, 3.8) is 0 Å². The van der Waals surface area contributed by atoms with Gasteiger partial charge in [0, 0.05) is 35.1 Å². The predicted molar refractivity (Wildman–Crippen MR) is 171 cm³/mol. The highest BCUT2D eigenvalue weighted by atomic mass is 16.5. The smallest absolute Gasteiger partial charge is 0.141 e. The lowest BCUT2D eigenvalue weighted by atomic mass is 9.88. The minimum absolute atomic E-state index is 0.0221. The summed E-state index contributed by atoms with van der Waals surface area (Å²) in [5, 5.41) is 2.40. The van der Waals surface area contributed by atoms with Crippen LogP contribution in [-0.4, -0.2) is 19.1 Å². The third kappa shape index (κ3) is 3.92. The van der Waals surface area contributed by atoms with Gasteiger partial charge < -0.3 is 9.30 Å². The highest BCUT2D eigenvalue weighted by Crippen LogP contribution is 2.38. The molecule has 0 aliphatic carbocycles. The Balaban J connectivity index is 1.25. The number of benzene rings is 4. The summed E-state index contributed by atoms with van der Waals surface area (Å²) in [4.78, 5) is 9.81. The molecule has 0 spiro atoms. The summed E-state index contributed by atoms with van der Waals surface area (Å²) >= 11 is 0. The molecule has 4 heterocycles. The lowest BCUT2D eigenvalue weighted by Crippen LogP contribution is -2.12. The number of rotatable bonds is 3. The summed E-state index contributed by atoms with van der Waals surface area (Å²) in [5.41, 5.74) is 9.39. The fourth-order valence-corrected chi connectivity index (χ4v) is 6.35. The molecular weight excluding hydrogens is 516 g/mol. The van der Waals surface area contributed by atoms with Gasteiger partial charge in [0.25, 0.3) is 0 Å². The van der Waals surface area contributed by atoms with Gasteiger partial charge in [-0.15, -0.1) is 0 Å². The number of nitrogens with zero attached hydrogens (tertiary/aromatic N) is 4. The first-order chi connectivity index (χ1) is 20.3. The standard InChI is InChI=1S/C37H32N4O/c1-23-9-14-32-30(19-23)28-13-12-27(22-34(28)41(32)35-20-25(15-17-38-35)37(2,3)4)42-26-11-10-24-16-18-40-33-8-6-5-7-31(33)39-36(40)29(24)21-26/h5-15,17,19-22H,16,18H2,1-4H3. The van der Waals surface area contributed by atoms with Crippen LogP contribution >= 0.6 is 0 Å². The molecule has 4 aromatic carbocycles. The molecule has 0 N–H and O–H groups in total. The van der Waals surface area contributed by atoms with E-state index >= 15 is 0 Å². The molecule has 206 valence electrons. The second-order valence-electron chi connectivity index (χ2n) is 12.4. The van der Waals surface area contributed by atoms with Crippen LogP contribution in [0, 0.1) is 6.92 Å². The van der Waals surface area contributed by atoms with Gasteiger partial charge in [-0.25, -0.2) is 9.97 Å². The van der Waals surface area contributed by atoms with Crippen LogP contribution in [0.4, 0.5) is 0 Å². The van der Waals surface area contributed by atoms with E-state index in [4.69, 9.17) is 14.7 Å². The normalized spacial score (nSPS) is 13.0. The Morgan fingerprint density at radius 3 is 2.48 bits per heavy atom. The molecule has 8 rings (SSSR count). The zero-order valence-corrected chi connectivity index (χ0v) is 24.3. The van der Waals surface area contributed by atoms with Gasteiger partial charge in [0.1, 0.15) is 23.1 Å². The molecule has 1 aliphatic rings. The molecule has 0 radical (unpaired) electrons. The van der Waals surface area contributed by atoms with E-state index in [0.717, 1.165) is 58.2 Å². The van der Waals surface area contributed by atoms with Gasteiger partial charge in [-0.1, -0.05) is 50.6 Å². The summed E-state index contributed by atoms with van der Waals surface area (Å²) < 4.78 is 11.2. The highest BCUT2D eigenvalue weighted by Gasteiger charge is 2.22. The van der Waals surface area contributed by atoms with Crippen molar-refractivity contribution in [2.45, 2.75) is 46.1 Å². The predicted octanol–water partition coefficient (Wildman–Crippen LogP) is 9.15. The number of hydrogen-bond acceptors (Lipinski definition) is 3. The molecule has 0 atom stereocenters. The minimum atomic E-state index is 0.0221. The van der Waals surface area contributed by atoms with Crippen LogP contribution in [0.1, 0.15) is 37.5 Å². The molecule has 0 saturated heterocycles. The van der Waals surface area contributed by atoms with Crippen LogP contribution in [-0.2, 0) is 18.4 Å². The lowest BCUT2D eigenvalue weighted by Gasteiger charge is -2.20. The Labute approximate surface area is 245 Å². The van der Waals surface area contributed by atoms with E-state index in [1.165, 1.54) is 33.0 Å². The van der Waals surface area contributed by atoms with Crippen LogP contribution in [0.15, 0.2) is 97.2 Å². The number of ether oxygens (including phenoxy) is 1. The molecule has 5 nitrogen and oxygen atoms in total. The largest absolute Gasteiger partial charge is 0.457 e. The molecule has 0 bridgehead atoms. The second kappa shape index (κ2) is 9.05. The fraction of sp³-hybridized carbons (Fsp3) is 0.189. The van der Waals surface area contributed by atoms with Crippen molar-refractivity contribution < 1.29 is 4.74 Å². The first-order valence-electron chi connectivity index (χ1n) is 14.6. The van der Waals surface area contributed by atoms with Gasteiger partial charge in [-0.3, -0.25) is 4.57 Å². The summed E-state index contributed by atoms with van der Waals surface area (Å²) in [6.45, 7) is 9.79. The molecule has 5 heteroatoms. The Bertz CT molecular complexity index is 2180. The average Bonchev–Trinajstić information content (AvgIpc) is 3.52. The van der Waals surface area contributed by atoms with Crippen LogP contribution in [0.2, 0.25) is 0 Å². The third-order valence-electron chi connectivity index (χ3n) is 8.55. The molecule has 0 fully saturated rings. The number of aromatic nitrogens is 4. The van der Waals surface area contributed by atoms with Crippen LogP contribution in [0.3, 0.4) is 0 Å². The summed E-state index contributed by atoms with van der Waals surface area (Å²) in [5.74, 6) is 3.52. The number of aryl methyl sites for hydroxylation is 3. The van der Waals surface area contributed by atoms with E-state index in [-0.39, 0.29) is 5.41 Å². The molecule has 42 heavy (non-hydrogen) atoms. The second-order valence-corrected chi connectivity index (χ2v) is 12.4. The fourth-order valence-electron chi connectivity index (χ4n) is 6.35.